The Kier molecular flexibility index (Phi) is 4.98. The second-order valence-electron chi connectivity index (χ2n) is 5.49. The third kappa shape index (κ3) is 4.34. The highest BCUT2D eigenvalue weighted by molar-refractivity contribution is 5.80. The minimum Gasteiger partial charge on any atom is -0.299 e. The Balaban J connectivity index is 2.38. The minimum atomic E-state index is 0.353. The molecule has 0 radical (unpaired) electrons. The Hall–Kier alpha value is -0.850. The molecule has 1 rings (SSSR count). The lowest BCUT2D eigenvalue weighted by Gasteiger charge is -2.22. The molecule has 0 amide bonds. The zero-order valence-corrected chi connectivity index (χ0v) is 10.9. The Morgan fingerprint density at radius 1 is 1.56 bits per heavy atom. The van der Waals surface area contributed by atoms with Crippen molar-refractivity contribution < 1.29 is 4.79 Å². The van der Waals surface area contributed by atoms with Crippen molar-refractivity contribution in [3.8, 4) is 0 Å². The van der Waals surface area contributed by atoms with Crippen molar-refractivity contribution in [3.05, 3.63) is 23.8 Å². The molecular formula is C15H24O. The van der Waals surface area contributed by atoms with Gasteiger partial charge in [-0.05, 0) is 38.0 Å². The van der Waals surface area contributed by atoms with Gasteiger partial charge in [-0.1, -0.05) is 37.6 Å². The topological polar surface area (TPSA) is 17.1 Å². The van der Waals surface area contributed by atoms with E-state index >= 15 is 0 Å². The van der Waals surface area contributed by atoms with Crippen molar-refractivity contribution >= 4 is 5.78 Å². The largest absolute Gasteiger partial charge is 0.299 e. The maximum Gasteiger partial charge on any atom is 0.137 e. The molecule has 0 aromatic heterocycles. The third-order valence-electron chi connectivity index (χ3n) is 3.28. The van der Waals surface area contributed by atoms with E-state index in [-0.39, 0.29) is 0 Å². The average molecular weight is 220 g/mol. The summed E-state index contributed by atoms with van der Waals surface area (Å²) in [5.41, 5.74) is 2.63. The lowest BCUT2D eigenvalue weighted by atomic mass is 9.83. The third-order valence-corrected chi connectivity index (χ3v) is 3.28. The predicted molar refractivity (Wildman–Crippen MR) is 69.3 cm³/mol. The van der Waals surface area contributed by atoms with Gasteiger partial charge in [-0.15, -0.1) is 0 Å². The van der Waals surface area contributed by atoms with Crippen molar-refractivity contribution in [2.24, 2.45) is 11.8 Å². The molecule has 0 aromatic carbocycles. The van der Waals surface area contributed by atoms with Crippen LogP contribution in [0.3, 0.4) is 0 Å². The van der Waals surface area contributed by atoms with E-state index in [0.717, 1.165) is 12.0 Å². The Morgan fingerprint density at radius 2 is 2.25 bits per heavy atom. The van der Waals surface area contributed by atoms with Gasteiger partial charge >= 0.3 is 0 Å². The van der Waals surface area contributed by atoms with Crippen molar-refractivity contribution in [3.63, 3.8) is 0 Å². The van der Waals surface area contributed by atoms with Crippen LogP contribution in [0.5, 0.6) is 0 Å². The summed E-state index contributed by atoms with van der Waals surface area (Å²) in [6, 6.07) is 0. The fraction of sp³-hybridized carbons (Fsp3) is 0.667. The van der Waals surface area contributed by atoms with Gasteiger partial charge in [0.25, 0.3) is 0 Å². The van der Waals surface area contributed by atoms with Crippen LogP contribution in [0, 0.1) is 11.8 Å². The van der Waals surface area contributed by atoms with Gasteiger partial charge in [-0.2, -0.15) is 0 Å². The lowest BCUT2D eigenvalue weighted by Crippen LogP contribution is -2.12. The summed E-state index contributed by atoms with van der Waals surface area (Å²) in [6.07, 6.45) is 7.01. The molecule has 0 N–H and O–H groups in total. The van der Waals surface area contributed by atoms with Crippen LogP contribution in [0.1, 0.15) is 52.9 Å². The SMILES string of the molecule is C=C(CC(=O)CC(C)C)C1CC=C(C)CC1. The highest BCUT2D eigenvalue weighted by atomic mass is 16.1. The van der Waals surface area contributed by atoms with Gasteiger partial charge in [0.15, 0.2) is 0 Å². The van der Waals surface area contributed by atoms with Gasteiger partial charge in [-0.25, -0.2) is 0 Å². The first kappa shape index (κ1) is 13.2. The Bertz CT molecular complexity index is 297. The van der Waals surface area contributed by atoms with Gasteiger partial charge in [0, 0.05) is 12.8 Å². The zero-order valence-electron chi connectivity index (χ0n) is 10.9. The molecule has 0 bridgehead atoms. The van der Waals surface area contributed by atoms with Crippen molar-refractivity contribution in [1.82, 2.24) is 0 Å². The molecule has 0 spiro atoms. The second-order valence-corrected chi connectivity index (χ2v) is 5.49. The molecule has 1 nitrogen and oxygen atoms in total. The van der Waals surface area contributed by atoms with E-state index in [9.17, 15) is 4.79 Å². The van der Waals surface area contributed by atoms with E-state index in [0.29, 0.717) is 30.5 Å². The Labute approximate surface area is 99.6 Å². The molecule has 90 valence electrons. The summed E-state index contributed by atoms with van der Waals surface area (Å²) in [5.74, 6) is 1.36. The van der Waals surface area contributed by atoms with Crippen molar-refractivity contribution in [2.75, 3.05) is 0 Å². The van der Waals surface area contributed by atoms with E-state index in [1.54, 1.807) is 0 Å². The minimum absolute atomic E-state index is 0.353. The van der Waals surface area contributed by atoms with E-state index in [1.807, 2.05) is 0 Å². The van der Waals surface area contributed by atoms with Crippen LogP contribution in [0.4, 0.5) is 0 Å². The first-order valence-corrected chi connectivity index (χ1v) is 6.34. The first-order valence-electron chi connectivity index (χ1n) is 6.34. The monoisotopic (exact) mass is 220 g/mol. The second kappa shape index (κ2) is 6.03. The summed E-state index contributed by atoms with van der Waals surface area (Å²) in [7, 11) is 0. The Morgan fingerprint density at radius 3 is 2.75 bits per heavy atom. The molecule has 1 aliphatic rings. The van der Waals surface area contributed by atoms with Crippen LogP contribution in [-0.2, 0) is 4.79 Å². The fourth-order valence-electron chi connectivity index (χ4n) is 2.26. The van der Waals surface area contributed by atoms with Crippen LogP contribution in [0.25, 0.3) is 0 Å². The first-order chi connectivity index (χ1) is 7.49. The maximum atomic E-state index is 11.7. The molecule has 0 aliphatic heterocycles. The zero-order chi connectivity index (χ0) is 12.1. The van der Waals surface area contributed by atoms with Gasteiger partial charge < -0.3 is 0 Å². The molecule has 16 heavy (non-hydrogen) atoms. The number of Topliss-reactive ketones (excluding diaryl/α,β-unsaturated/α-hetero) is 1. The number of hydrogen-bond donors (Lipinski definition) is 0. The molecule has 0 saturated carbocycles. The summed E-state index contributed by atoms with van der Waals surface area (Å²) in [5, 5.41) is 0. The predicted octanol–water partition coefficient (Wildman–Crippen LogP) is 4.29. The van der Waals surface area contributed by atoms with Crippen molar-refractivity contribution in [2.45, 2.75) is 52.9 Å². The molecule has 0 saturated heterocycles. The molecule has 1 heteroatoms. The van der Waals surface area contributed by atoms with Crippen LogP contribution in [0.2, 0.25) is 0 Å². The normalized spacial score (nSPS) is 20.8. The molecule has 1 atom stereocenters. The quantitative estimate of drug-likeness (QED) is 0.631. The molecule has 0 heterocycles. The molecule has 1 aliphatic carbocycles. The van der Waals surface area contributed by atoms with Crippen LogP contribution < -0.4 is 0 Å². The smallest absolute Gasteiger partial charge is 0.137 e. The van der Waals surface area contributed by atoms with Gasteiger partial charge in [0.05, 0.1) is 0 Å². The van der Waals surface area contributed by atoms with Crippen LogP contribution in [0.15, 0.2) is 23.8 Å². The number of allylic oxidation sites excluding steroid dienone is 3. The summed E-state index contributed by atoms with van der Waals surface area (Å²) >= 11 is 0. The number of carbonyl (C=O) groups excluding carboxylic acids is 1. The van der Waals surface area contributed by atoms with Gasteiger partial charge in [-0.3, -0.25) is 4.79 Å². The van der Waals surface area contributed by atoms with Gasteiger partial charge in [0.2, 0.25) is 0 Å². The van der Waals surface area contributed by atoms with Gasteiger partial charge in [0.1, 0.15) is 5.78 Å². The lowest BCUT2D eigenvalue weighted by molar-refractivity contribution is -0.119. The standard InChI is InChI=1S/C15H24O/c1-11(2)9-15(16)10-13(4)14-7-5-12(3)6-8-14/h5,11,14H,4,6-10H2,1-3H3. The molecule has 1 unspecified atom stereocenters. The number of hydrogen-bond acceptors (Lipinski definition) is 1. The summed E-state index contributed by atoms with van der Waals surface area (Å²) in [6.45, 7) is 10.5. The van der Waals surface area contributed by atoms with E-state index < -0.39 is 0 Å². The van der Waals surface area contributed by atoms with E-state index in [2.05, 4.69) is 33.4 Å². The highest BCUT2D eigenvalue weighted by Gasteiger charge is 2.17. The van der Waals surface area contributed by atoms with E-state index in [1.165, 1.54) is 18.4 Å². The number of ketones is 1. The van der Waals surface area contributed by atoms with Crippen LogP contribution in [-0.4, -0.2) is 5.78 Å². The summed E-state index contributed by atoms with van der Waals surface area (Å²) < 4.78 is 0. The van der Waals surface area contributed by atoms with Crippen molar-refractivity contribution in [1.29, 1.82) is 0 Å². The molecule has 0 aromatic rings. The van der Waals surface area contributed by atoms with E-state index in [4.69, 9.17) is 0 Å². The fourth-order valence-corrected chi connectivity index (χ4v) is 2.26. The highest BCUT2D eigenvalue weighted by Crippen LogP contribution is 2.30. The number of carbonyl (C=O) groups is 1. The maximum absolute atomic E-state index is 11.7. The molecular weight excluding hydrogens is 196 g/mol. The molecule has 0 fully saturated rings. The average Bonchev–Trinajstić information content (AvgIpc) is 2.16. The summed E-state index contributed by atoms with van der Waals surface area (Å²) in [4.78, 5) is 11.7. The number of rotatable bonds is 5. The van der Waals surface area contributed by atoms with Crippen LogP contribution >= 0.6 is 0 Å².